The van der Waals surface area contributed by atoms with Gasteiger partial charge in [-0.1, -0.05) is 18.2 Å². The maximum absolute atomic E-state index is 13.3. The van der Waals surface area contributed by atoms with Gasteiger partial charge in [-0.05, 0) is 58.6 Å². The molecule has 1 unspecified atom stereocenters. The van der Waals surface area contributed by atoms with Crippen LogP contribution in [0, 0.1) is 11.7 Å². The highest BCUT2D eigenvalue weighted by molar-refractivity contribution is 9.10. The van der Waals surface area contributed by atoms with Gasteiger partial charge in [-0.15, -0.1) is 0 Å². The normalized spacial score (nSPS) is 17.3. The van der Waals surface area contributed by atoms with Crippen LogP contribution in [0.1, 0.15) is 16.8 Å². The molecule has 23 heavy (non-hydrogen) atoms. The van der Waals surface area contributed by atoms with Crippen molar-refractivity contribution in [3.63, 3.8) is 0 Å². The number of rotatable bonds is 4. The van der Waals surface area contributed by atoms with Crippen LogP contribution in [0.4, 0.5) is 10.1 Å². The van der Waals surface area contributed by atoms with Gasteiger partial charge in [0.05, 0.1) is 5.56 Å². The van der Waals surface area contributed by atoms with Crippen LogP contribution in [0.2, 0.25) is 0 Å². The Balaban J connectivity index is 1.55. The van der Waals surface area contributed by atoms with E-state index in [2.05, 4.69) is 38.3 Å². The SMILES string of the molecule is O=C(NCC1CCN(c2ccccc2)C1)c1cc(F)ccc1Br. The lowest BCUT2D eigenvalue weighted by Crippen LogP contribution is -2.31. The standard InChI is InChI=1S/C18H18BrFN2O/c19-17-7-6-14(20)10-16(17)18(23)21-11-13-8-9-22(12-13)15-4-2-1-3-5-15/h1-7,10,13H,8-9,11-12H2,(H,21,23). The van der Waals surface area contributed by atoms with Crippen molar-refractivity contribution in [1.29, 1.82) is 0 Å². The Kier molecular flexibility index (Phi) is 4.96. The van der Waals surface area contributed by atoms with E-state index in [9.17, 15) is 9.18 Å². The average molecular weight is 377 g/mol. The van der Waals surface area contributed by atoms with Crippen molar-refractivity contribution < 1.29 is 9.18 Å². The highest BCUT2D eigenvalue weighted by Gasteiger charge is 2.23. The summed E-state index contributed by atoms with van der Waals surface area (Å²) in [5.74, 6) is -0.240. The Labute approximate surface area is 143 Å². The number of amides is 1. The smallest absolute Gasteiger partial charge is 0.252 e. The van der Waals surface area contributed by atoms with Gasteiger partial charge in [-0.2, -0.15) is 0 Å². The maximum Gasteiger partial charge on any atom is 0.252 e. The molecule has 2 aromatic carbocycles. The third-order valence-electron chi connectivity index (χ3n) is 4.13. The highest BCUT2D eigenvalue weighted by atomic mass is 79.9. The van der Waals surface area contributed by atoms with Crippen molar-refractivity contribution >= 4 is 27.5 Å². The fourth-order valence-electron chi connectivity index (χ4n) is 2.88. The Morgan fingerprint density at radius 1 is 1.26 bits per heavy atom. The lowest BCUT2D eigenvalue weighted by molar-refractivity contribution is 0.0947. The Morgan fingerprint density at radius 3 is 2.83 bits per heavy atom. The summed E-state index contributed by atoms with van der Waals surface area (Å²) < 4.78 is 13.9. The summed E-state index contributed by atoms with van der Waals surface area (Å²) in [6.07, 6.45) is 1.04. The Hall–Kier alpha value is -1.88. The molecule has 0 aromatic heterocycles. The van der Waals surface area contributed by atoms with Crippen LogP contribution >= 0.6 is 15.9 Å². The number of anilines is 1. The summed E-state index contributed by atoms with van der Waals surface area (Å²) in [5, 5.41) is 2.92. The highest BCUT2D eigenvalue weighted by Crippen LogP contribution is 2.23. The summed E-state index contributed by atoms with van der Waals surface area (Å²) in [6, 6.07) is 14.4. The number of hydrogen-bond acceptors (Lipinski definition) is 2. The van der Waals surface area contributed by atoms with Crippen LogP contribution in [0.3, 0.4) is 0 Å². The van der Waals surface area contributed by atoms with Gasteiger partial charge in [-0.3, -0.25) is 4.79 Å². The lowest BCUT2D eigenvalue weighted by Gasteiger charge is -2.18. The summed E-state index contributed by atoms with van der Waals surface area (Å²) >= 11 is 3.29. The summed E-state index contributed by atoms with van der Waals surface area (Å²) in [4.78, 5) is 14.5. The maximum atomic E-state index is 13.3. The van der Waals surface area contributed by atoms with E-state index in [1.807, 2.05) is 18.2 Å². The monoisotopic (exact) mass is 376 g/mol. The number of benzene rings is 2. The second-order valence-electron chi connectivity index (χ2n) is 5.77. The predicted octanol–water partition coefficient (Wildman–Crippen LogP) is 3.84. The summed E-state index contributed by atoms with van der Waals surface area (Å²) in [6.45, 7) is 2.52. The first-order valence-corrected chi connectivity index (χ1v) is 8.46. The van der Waals surface area contributed by atoms with E-state index in [1.165, 1.54) is 17.8 Å². The number of halogens is 2. The van der Waals surface area contributed by atoms with E-state index in [1.54, 1.807) is 6.07 Å². The molecule has 3 rings (SSSR count). The molecule has 1 heterocycles. The van der Waals surface area contributed by atoms with Crippen molar-refractivity contribution in [2.45, 2.75) is 6.42 Å². The molecule has 1 aliphatic heterocycles. The van der Waals surface area contributed by atoms with Crippen LogP contribution in [0.5, 0.6) is 0 Å². The zero-order valence-electron chi connectivity index (χ0n) is 12.6. The number of nitrogens with zero attached hydrogens (tertiary/aromatic N) is 1. The third kappa shape index (κ3) is 3.91. The minimum Gasteiger partial charge on any atom is -0.371 e. The predicted molar refractivity (Wildman–Crippen MR) is 93.2 cm³/mol. The van der Waals surface area contributed by atoms with Gasteiger partial charge in [-0.25, -0.2) is 4.39 Å². The van der Waals surface area contributed by atoms with E-state index in [0.29, 0.717) is 22.5 Å². The van der Waals surface area contributed by atoms with Gasteiger partial charge >= 0.3 is 0 Å². The first-order chi connectivity index (χ1) is 11.1. The van der Waals surface area contributed by atoms with E-state index in [0.717, 1.165) is 19.5 Å². The summed E-state index contributed by atoms with van der Waals surface area (Å²) in [7, 11) is 0. The molecule has 1 fully saturated rings. The van der Waals surface area contributed by atoms with Crippen LogP contribution in [0.25, 0.3) is 0 Å². The van der Waals surface area contributed by atoms with E-state index < -0.39 is 5.82 Å². The van der Waals surface area contributed by atoms with Crippen LogP contribution in [0.15, 0.2) is 53.0 Å². The van der Waals surface area contributed by atoms with E-state index in [-0.39, 0.29) is 5.91 Å². The zero-order valence-corrected chi connectivity index (χ0v) is 14.2. The Bertz CT molecular complexity index is 693. The number of hydrogen-bond donors (Lipinski definition) is 1. The van der Waals surface area contributed by atoms with E-state index >= 15 is 0 Å². The van der Waals surface area contributed by atoms with Gasteiger partial charge in [0.15, 0.2) is 0 Å². The summed E-state index contributed by atoms with van der Waals surface area (Å²) in [5.41, 5.74) is 1.55. The van der Waals surface area contributed by atoms with Crippen molar-refractivity contribution in [3.05, 3.63) is 64.4 Å². The van der Waals surface area contributed by atoms with Gasteiger partial charge < -0.3 is 10.2 Å². The quantitative estimate of drug-likeness (QED) is 0.878. The molecule has 2 aromatic rings. The number of para-hydroxylation sites is 1. The topological polar surface area (TPSA) is 32.3 Å². The lowest BCUT2D eigenvalue weighted by atomic mass is 10.1. The minimum absolute atomic E-state index is 0.241. The largest absolute Gasteiger partial charge is 0.371 e. The number of nitrogens with one attached hydrogen (secondary N) is 1. The molecule has 1 N–H and O–H groups in total. The second-order valence-corrected chi connectivity index (χ2v) is 6.62. The molecule has 0 radical (unpaired) electrons. The first kappa shape index (κ1) is 16.0. The molecule has 0 bridgehead atoms. The molecule has 120 valence electrons. The van der Waals surface area contributed by atoms with Gasteiger partial charge in [0.25, 0.3) is 5.91 Å². The molecule has 1 aliphatic rings. The van der Waals surface area contributed by atoms with Crippen LogP contribution in [-0.4, -0.2) is 25.5 Å². The van der Waals surface area contributed by atoms with Gasteiger partial charge in [0.2, 0.25) is 0 Å². The number of carbonyl (C=O) groups is 1. The molecule has 0 spiro atoms. The molecular formula is C18H18BrFN2O. The fourth-order valence-corrected chi connectivity index (χ4v) is 3.30. The molecule has 0 saturated carbocycles. The molecular weight excluding hydrogens is 359 g/mol. The van der Waals surface area contributed by atoms with Crippen molar-refractivity contribution in [1.82, 2.24) is 5.32 Å². The van der Waals surface area contributed by atoms with Crippen LogP contribution in [-0.2, 0) is 0 Å². The molecule has 1 amide bonds. The second kappa shape index (κ2) is 7.13. The van der Waals surface area contributed by atoms with Crippen molar-refractivity contribution in [2.75, 3.05) is 24.5 Å². The zero-order chi connectivity index (χ0) is 16.2. The third-order valence-corrected chi connectivity index (χ3v) is 4.82. The molecule has 0 aliphatic carbocycles. The van der Waals surface area contributed by atoms with Gasteiger partial charge in [0.1, 0.15) is 5.82 Å². The van der Waals surface area contributed by atoms with Crippen molar-refractivity contribution in [3.8, 4) is 0 Å². The molecule has 1 atom stereocenters. The van der Waals surface area contributed by atoms with Gasteiger partial charge in [0, 0.05) is 29.8 Å². The Morgan fingerprint density at radius 2 is 2.04 bits per heavy atom. The fraction of sp³-hybridized carbons (Fsp3) is 0.278. The van der Waals surface area contributed by atoms with Crippen molar-refractivity contribution in [2.24, 2.45) is 5.92 Å². The average Bonchev–Trinajstić information content (AvgIpc) is 3.05. The van der Waals surface area contributed by atoms with E-state index in [4.69, 9.17) is 0 Å². The molecule has 1 saturated heterocycles. The molecule has 3 nitrogen and oxygen atoms in total. The minimum atomic E-state index is -0.408. The molecule has 5 heteroatoms. The number of carbonyl (C=O) groups excluding carboxylic acids is 1. The van der Waals surface area contributed by atoms with Crippen LogP contribution < -0.4 is 10.2 Å². The first-order valence-electron chi connectivity index (χ1n) is 7.67.